The molecule has 0 spiro atoms. The van der Waals surface area contributed by atoms with Crippen LogP contribution < -0.4 is 16.0 Å². The van der Waals surface area contributed by atoms with Gasteiger partial charge in [-0.2, -0.15) is 0 Å². The van der Waals surface area contributed by atoms with Crippen molar-refractivity contribution in [2.24, 2.45) is 16.3 Å². The summed E-state index contributed by atoms with van der Waals surface area (Å²) in [5.41, 5.74) is -0.465. The normalized spacial score (nSPS) is 13.4. The molecule has 1 unspecified atom stereocenters. The van der Waals surface area contributed by atoms with Crippen LogP contribution in [0, 0.1) is 11.3 Å². The molecule has 126 valence electrons. The first-order chi connectivity index (χ1) is 9.22. The zero-order valence-corrected chi connectivity index (χ0v) is 16.9. The lowest BCUT2D eigenvalue weighted by atomic mass is 9.92. The molecular weight excluding hydrogens is 379 g/mol. The van der Waals surface area contributed by atoms with Crippen LogP contribution in [0.4, 0.5) is 0 Å². The molecule has 0 rings (SSSR count). The molecule has 0 bridgehead atoms. The maximum Gasteiger partial charge on any atom is 0.227 e. The molecule has 21 heavy (non-hydrogen) atoms. The minimum Gasteiger partial charge on any atom is -0.359 e. The summed E-state index contributed by atoms with van der Waals surface area (Å²) >= 11 is 0. The molecule has 0 radical (unpaired) electrons. The standard InChI is InChI=1S/C15H32N4O.HI/c1-11(2)8-9-12(3)19-14(17-7)18-10-15(4,5)13(20)16-6;/h11-12H,8-10H2,1-7H3,(H,16,20)(H2,17,18,19);1H. The third-order valence-corrected chi connectivity index (χ3v) is 3.32. The van der Waals surface area contributed by atoms with Gasteiger partial charge >= 0.3 is 0 Å². The zero-order valence-electron chi connectivity index (χ0n) is 14.5. The molecule has 0 saturated carbocycles. The Morgan fingerprint density at radius 1 is 1.19 bits per heavy atom. The van der Waals surface area contributed by atoms with E-state index >= 15 is 0 Å². The quantitative estimate of drug-likeness (QED) is 0.342. The Morgan fingerprint density at radius 2 is 1.76 bits per heavy atom. The second-order valence-corrected chi connectivity index (χ2v) is 6.41. The first kappa shape index (κ1) is 22.7. The van der Waals surface area contributed by atoms with Crippen LogP contribution in [0.5, 0.6) is 0 Å². The van der Waals surface area contributed by atoms with Gasteiger partial charge in [0.2, 0.25) is 5.91 Å². The summed E-state index contributed by atoms with van der Waals surface area (Å²) in [6.07, 6.45) is 2.30. The fraction of sp³-hybridized carbons (Fsp3) is 0.867. The summed E-state index contributed by atoms with van der Waals surface area (Å²) in [5.74, 6) is 1.48. The van der Waals surface area contributed by atoms with Crippen molar-refractivity contribution in [1.82, 2.24) is 16.0 Å². The average molecular weight is 412 g/mol. The molecular formula is C15H33IN4O. The van der Waals surface area contributed by atoms with Gasteiger partial charge < -0.3 is 16.0 Å². The fourth-order valence-electron chi connectivity index (χ4n) is 1.81. The van der Waals surface area contributed by atoms with Crippen LogP contribution in [0.2, 0.25) is 0 Å². The molecule has 0 aliphatic rings. The molecule has 0 saturated heterocycles. The number of rotatable bonds is 7. The first-order valence-electron chi connectivity index (χ1n) is 7.42. The van der Waals surface area contributed by atoms with Crippen LogP contribution >= 0.6 is 24.0 Å². The summed E-state index contributed by atoms with van der Waals surface area (Å²) in [4.78, 5) is 15.9. The van der Waals surface area contributed by atoms with E-state index in [1.54, 1.807) is 14.1 Å². The van der Waals surface area contributed by atoms with Crippen molar-refractivity contribution in [3.05, 3.63) is 0 Å². The number of nitrogens with zero attached hydrogens (tertiary/aromatic N) is 1. The van der Waals surface area contributed by atoms with Crippen LogP contribution in [0.1, 0.15) is 47.5 Å². The molecule has 1 atom stereocenters. The van der Waals surface area contributed by atoms with Crippen LogP contribution in [0.3, 0.4) is 0 Å². The molecule has 0 aromatic rings. The van der Waals surface area contributed by atoms with Gasteiger partial charge in [-0.3, -0.25) is 9.79 Å². The number of carbonyl (C=O) groups is 1. The van der Waals surface area contributed by atoms with E-state index in [9.17, 15) is 4.79 Å². The summed E-state index contributed by atoms with van der Waals surface area (Å²) in [6, 6.07) is 0.367. The highest BCUT2D eigenvalue weighted by Gasteiger charge is 2.26. The number of amides is 1. The number of hydrogen-bond donors (Lipinski definition) is 3. The van der Waals surface area contributed by atoms with Gasteiger partial charge in [0.15, 0.2) is 5.96 Å². The molecule has 0 aromatic carbocycles. The molecule has 0 aliphatic heterocycles. The Balaban J connectivity index is 0. The second-order valence-electron chi connectivity index (χ2n) is 6.41. The van der Waals surface area contributed by atoms with Crippen molar-refractivity contribution in [3.8, 4) is 0 Å². The van der Waals surface area contributed by atoms with Crippen molar-refractivity contribution in [2.45, 2.75) is 53.5 Å². The fourth-order valence-corrected chi connectivity index (χ4v) is 1.81. The van der Waals surface area contributed by atoms with Crippen molar-refractivity contribution in [2.75, 3.05) is 20.6 Å². The SMILES string of the molecule is CN=C(NCC(C)(C)C(=O)NC)NC(C)CCC(C)C.I. The van der Waals surface area contributed by atoms with Crippen molar-refractivity contribution < 1.29 is 4.79 Å². The van der Waals surface area contributed by atoms with Crippen molar-refractivity contribution in [1.29, 1.82) is 0 Å². The first-order valence-corrected chi connectivity index (χ1v) is 7.42. The predicted molar refractivity (Wildman–Crippen MR) is 101 cm³/mol. The van der Waals surface area contributed by atoms with E-state index in [0.29, 0.717) is 18.5 Å². The van der Waals surface area contributed by atoms with Gasteiger partial charge in [-0.25, -0.2) is 0 Å². The topological polar surface area (TPSA) is 65.5 Å². The van der Waals surface area contributed by atoms with Gasteiger partial charge in [0.1, 0.15) is 0 Å². The third kappa shape index (κ3) is 9.92. The summed E-state index contributed by atoms with van der Waals surface area (Å²) < 4.78 is 0. The van der Waals surface area contributed by atoms with E-state index in [-0.39, 0.29) is 29.9 Å². The van der Waals surface area contributed by atoms with E-state index in [4.69, 9.17) is 0 Å². The van der Waals surface area contributed by atoms with Gasteiger partial charge in [0.25, 0.3) is 0 Å². The Labute approximate surface area is 147 Å². The maximum absolute atomic E-state index is 11.7. The minimum atomic E-state index is -0.465. The second kappa shape index (κ2) is 11.1. The minimum absolute atomic E-state index is 0. The van der Waals surface area contributed by atoms with Crippen molar-refractivity contribution in [3.63, 3.8) is 0 Å². The molecule has 0 heterocycles. The zero-order chi connectivity index (χ0) is 15.8. The molecule has 6 heteroatoms. The van der Waals surface area contributed by atoms with Gasteiger partial charge in [-0.1, -0.05) is 13.8 Å². The van der Waals surface area contributed by atoms with Gasteiger partial charge in [0, 0.05) is 26.7 Å². The molecule has 1 amide bonds. The number of halogens is 1. The third-order valence-electron chi connectivity index (χ3n) is 3.32. The lowest BCUT2D eigenvalue weighted by Gasteiger charge is -2.25. The highest BCUT2D eigenvalue weighted by atomic mass is 127. The molecule has 0 fully saturated rings. The Kier molecular flexibility index (Phi) is 12.0. The van der Waals surface area contributed by atoms with Crippen LogP contribution in [-0.4, -0.2) is 38.5 Å². The van der Waals surface area contributed by atoms with Gasteiger partial charge in [-0.05, 0) is 39.5 Å². The van der Waals surface area contributed by atoms with E-state index in [2.05, 4.69) is 41.7 Å². The molecule has 5 nitrogen and oxygen atoms in total. The Morgan fingerprint density at radius 3 is 2.19 bits per heavy atom. The number of aliphatic imine (C=N–C) groups is 1. The van der Waals surface area contributed by atoms with E-state index < -0.39 is 5.41 Å². The average Bonchev–Trinajstić information content (AvgIpc) is 2.39. The molecule has 0 aromatic heterocycles. The highest BCUT2D eigenvalue weighted by molar-refractivity contribution is 14.0. The number of nitrogens with one attached hydrogen (secondary N) is 3. The Hall–Kier alpha value is -0.530. The summed E-state index contributed by atoms with van der Waals surface area (Å²) in [5, 5.41) is 9.26. The van der Waals surface area contributed by atoms with E-state index in [0.717, 1.165) is 12.4 Å². The smallest absolute Gasteiger partial charge is 0.227 e. The van der Waals surface area contributed by atoms with Crippen LogP contribution in [0.15, 0.2) is 4.99 Å². The van der Waals surface area contributed by atoms with Gasteiger partial charge in [0.05, 0.1) is 5.41 Å². The maximum atomic E-state index is 11.7. The molecule has 0 aliphatic carbocycles. The highest BCUT2D eigenvalue weighted by Crippen LogP contribution is 2.13. The van der Waals surface area contributed by atoms with Crippen molar-refractivity contribution >= 4 is 35.8 Å². The lowest BCUT2D eigenvalue weighted by Crippen LogP contribution is -2.49. The van der Waals surface area contributed by atoms with Crippen LogP contribution in [0.25, 0.3) is 0 Å². The molecule has 3 N–H and O–H groups in total. The monoisotopic (exact) mass is 412 g/mol. The number of carbonyl (C=O) groups excluding carboxylic acids is 1. The number of hydrogen-bond acceptors (Lipinski definition) is 2. The summed E-state index contributed by atoms with van der Waals surface area (Å²) in [6.45, 7) is 11.0. The largest absolute Gasteiger partial charge is 0.359 e. The van der Waals surface area contributed by atoms with Gasteiger partial charge in [-0.15, -0.1) is 24.0 Å². The lowest BCUT2D eigenvalue weighted by molar-refractivity contribution is -0.128. The van der Waals surface area contributed by atoms with Crippen LogP contribution in [-0.2, 0) is 4.79 Å². The predicted octanol–water partition coefficient (Wildman–Crippen LogP) is 2.37. The Bertz CT molecular complexity index is 330. The van der Waals surface area contributed by atoms with E-state index in [1.807, 2.05) is 13.8 Å². The number of guanidine groups is 1. The summed E-state index contributed by atoms with van der Waals surface area (Å²) in [7, 11) is 3.41. The van der Waals surface area contributed by atoms with E-state index in [1.165, 1.54) is 6.42 Å².